The van der Waals surface area contributed by atoms with E-state index in [2.05, 4.69) is 13.5 Å². The van der Waals surface area contributed by atoms with Crippen LogP contribution in [0.4, 0.5) is 0 Å². The minimum Gasteiger partial charge on any atom is -0.435 e. The quantitative estimate of drug-likeness (QED) is 0.0509. The van der Waals surface area contributed by atoms with Crippen molar-refractivity contribution < 1.29 is 109 Å². The van der Waals surface area contributed by atoms with E-state index in [-0.39, 0.29) is 29.1 Å². The minimum absolute atomic E-state index is 0.0745. The fourth-order valence-electron chi connectivity index (χ4n) is 13.8. The van der Waals surface area contributed by atoms with Crippen molar-refractivity contribution in [3.05, 3.63) is 12.2 Å². The predicted octanol–water partition coefficient (Wildman–Crippen LogP) is -3.69. The largest absolute Gasteiger partial charge is 0.435 e. The van der Waals surface area contributed by atoms with Crippen LogP contribution in [-0.4, -0.2) is 221 Å². The molecule has 10 unspecified atom stereocenters. The lowest BCUT2D eigenvalue weighted by Gasteiger charge is -2.64. The Morgan fingerprint density at radius 2 is 1.27 bits per heavy atom. The summed E-state index contributed by atoms with van der Waals surface area (Å²) in [6.07, 6.45) is -23.9. The predicted molar refractivity (Wildman–Crippen MR) is 222 cm³/mol. The summed E-state index contributed by atoms with van der Waals surface area (Å²) in [7, 11) is 0. The maximum Gasteiger partial charge on any atom is 0.314 e. The molecule has 384 valence electrons. The Morgan fingerprint density at radius 1 is 0.657 bits per heavy atom. The van der Waals surface area contributed by atoms with Crippen LogP contribution >= 0.6 is 0 Å². The molecule has 8 aliphatic rings. The first-order valence-corrected chi connectivity index (χ1v) is 23.7. The van der Waals surface area contributed by atoms with Crippen molar-refractivity contribution in [3.63, 3.8) is 0 Å². The molecule has 25 atom stereocenters. The molecule has 4 heterocycles. The van der Waals surface area contributed by atoms with Crippen molar-refractivity contribution in [1.82, 2.24) is 0 Å². The fraction of sp³-hybridized carbons (Fsp3) is 0.933. The zero-order valence-electron chi connectivity index (χ0n) is 38.1. The molecular formula is C45H72O22. The first-order valence-electron chi connectivity index (χ1n) is 23.7. The third-order valence-electron chi connectivity index (χ3n) is 17.4. The second-order valence-corrected chi connectivity index (χ2v) is 21.3. The Bertz CT molecular complexity index is 1770. The molecule has 22 nitrogen and oxygen atoms in total. The van der Waals surface area contributed by atoms with Gasteiger partial charge < -0.3 is 104 Å². The second-order valence-electron chi connectivity index (χ2n) is 21.3. The molecule has 8 fully saturated rings. The van der Waals surface area contributed by atoms with Gasteiger partial charge in [-0.05, 0) is 93.5 Å². The van der Waals surface area contributed by atoms with Crippen molar-refractivity contribution in [2.24, 2.45) is 28.1 Å². The van der Waals surface area contributed by atoms with Gasteiger partial charge in [0.25, 0.3) is 0 Å². The van der Waals surface area contributed by atoms with E-state index in [1.165, 1.54) is 6.92 Å². The molecule has 0 aromatic heterocycles. The van der Waals surface area contributed by atoms with Gasteiger partial charge in [0.15, 0.2) is 18.4 Å². The highest BCUT2D eigenvalue weighted by atomic mass is 16.8. The van der Waals surface area contributed by atoms with E-state index >= 15 is 0 Å². The van der Waals surface area contributed by atoms with E-state index < -0.39 is 160 Å². The molecule has 67 heavy (non-hydrogen) atoms. The summed E-state index contributed by atoms with van der Waals surface area (Å²) in [6.45, 7) is 6.91. The van der Waals surface area contributed by atoms with Crippen molar-refractivity contribution in [2.45, 2.75) is 207 Å². The van der Waals surface area contributed by atoms with E-state index in [4.69, 9.17) is 37.9 Å². The third-order valence-corrected chi connectivity index (χ3v) is 17.4. The Morgan fingerprint density at radius 3 is 1.94 bits per heavy atom. The lowest BCUT2D eigenvalue weighted by atomic mass is 9.41. The highest BCUT2D eigenvalue weighted by Gasteiger charge is 2.70. The molecule has 13 N–H and O–H groups in total. The van der Waals surface area contributed by atoms with Crippen LogP contribution in [0.5, 0.6) is 0 Å². The first-order chi connectivity index (χ1) is 31.6. The van der Waals surface area contributed by atoms with Crippen molar-refractivity contribution in [2.75, 3.05) is 26.4 Å². The summed E-state index contributed by atoms with van der Waals surface area (Å²) in [6, 6.07) is 0. The Hall–Kier alpha value is -1.59. The third kappa shape index (κ3) is 8.64. The molecule has 0 aromatic rings. The molecule has 4 saturated carbocycles. The maximum atomic E-state index is 14.3. The number of aliphatic hydroxyl groups excluding tert-OH is 13. The molecule has 4 aliphatic carbocycles. The number of fused-ring (bicyclic) bond motifs is 3. The number of esters is 1. The summed E-state index contributed by atoms with van der Waals surface area (Å²) in [5.74, 6) is -2.80. The first kappa shape index (κ1) is 51.8. The van der Waals surface area contributed by atoms with Crippen LogP contribution in [0.15, 0.2) is 12.2 Å². The highest BCUT2D eigenvalue weighted by Crippen LogP contribution is 2.74. The van der Waals surface area contributed by atoms with Crippen LogP contribution in [0.2, 0.25) is 0 Å². The molecule has 4 aliphatic heterocycles. The number of hydrogen-bond donors (Lipinski definition) is 13. The van der Waals surface area contributed by atoms with Gasteiger partial charge in [0, 0.05) is 6.42 Å². The Labute approximate surface area is 387 Å². The second kappa shape index (κ2) is 19.1. The van der Waals surface area contributed by atoms with Crippen LogP contribution in [0.3, 0.4) is 0 Å². The monoisotopic (exact) mass is 964 g/mol. The van der Waals surface area contributed by atoms with Crippen molar-refractivity contribution >= 4 is 5.97 Å². The van der Waals surface area contributed by atoms with Crippen LogP contribution < -0.4 is 0 Å². The summed E-state index contributed by atoms with van der Waals surface area (Å²) in [5, 5.41) is 138. The minimum atomic E-state index is -2.29. The van der Waals surface area contributed by atoms with Gasteiger partial charge in [-0.3, -0.25) is 4.79 Å². The standard InChI is InChI=1S/C45H72O22/c1-19-13-44-10-6-25-41(2,8-5-9-42(25,3)40(59)63-27-12-20(50)28(51)21(14-46)60-27)26(44)7-11-45(19,18-44)67-39-36(66-43(4)37(58)33(56)30(53)24(17-49)65-43)35(31(54)23(16-48)62-39)64-38-34(57)32(55)29(52)22(15-47)61-38/h20-39,46-58H,1,5-18H2,2-4H3/t20-,21-,22?,23?,24?,25+,26+,27+,28?,29-,30-,31-,32?,33?,34-,35?,36-,37-,38+,39+,41?,42?,43+,44-,45?/m1/s1. The van der Waals surface area contributed by atoms with Gasteiger partial charge in [-0.15, -0.1) is 0 Å². The number of ether oxygens (including phenoxy) is 8. The van der Waals surface area contributed by atoms with E-state index in [9.17, 15) is 71.2 Å². The summed E-state index contributed by atoms with van der Waals surface area (Å²) in [5.41, 5.74) is -2.06. The maximum absolute atomic E-state index is 14.3. The average Bonchev–Trinajstić information content (AvgIpc) is 3.49. The van der Waals surface area contributed by atoms with Gasteiger partial charge in [0.05, 0.1) is 43.5 Å². The van der Waals surface area contributed by atoms with E-state index in [0.717, 1.165) is 18.4 Å². The van der Waals surface area contributed by atoms with Gasteiger partial charge >= 0.3 is 5.97 Å². The topological polar surface area (TPSA) is 354 Å². The smallest absolute Gasteiger partial charge is 0.314 e. The molecular weight excluding hydrogens is 892 g/mol. The van der Waals surface area contributed by atoms with Crippen molar-refractivity contribution in [1.29, 1.82) is 0 Å². The van der Waals surface area contributed by atoms with Gasteiger partial charge in [-0.2, -0.15) is 0 Å². The molecule has 0 aromatic carbocycles. The van der Waals surface area contributed by atoms with Crippen molar-refractivity contribution in [3.8, 4) is 0 Å². The molecule has 0 amide bonds. The lowest BCUT2D eigenvalue weighted by molar-refractivity contribution is -0.424. The average molecular weight is 965 g/mol. The normalized spacial score (nSPS) is 54.5. The number of rotatable bonds is 12. The van der Waals surface area contributed by atoms with Crippen LogP contribution in [-0.2, 0) is 42.7 Å². The SMILES string of the molecule is C=C1C[C@@]23CC[C@@H]4C(C)(C(=O)O[C@H]5C[C@@H](O)C(O)[C@@H](CO)O5)CCCC4(C)[C@@H]2CCC1(O[C@@H]1OC(CO)[C@@H](O)C(O[C@@H]2OC(CO)[C@@H](O)C(O)[C@H]2O)[C@H]1O[C@]1(C)OC(CO)[C@@H](O)C(O)[C@H]1O)C3. The lowest BCUT2D eigenvalue weighted by Crippen LogP contribution is -2.70. The van der Waals surface area contributed by atoms with Gasteiger partial charge in [-0.1, -0.05) is 19.9 Å². The van der Waals surface area contributed by atoms with Crippen LogP contribution in [0, 0.1) is 28.1 Å². The molecule has 8 rings (SSSR count). The number of aliphatic hydroxyl groups is 13. The number of carbonyl (C=O) groups is 1. The number of carbonyl (C=O) groups excluding carboxylic acids is 1. The molecule has 0 radical (unpaired) electrons. The zero-order valence-corrected chi connectivity index (χ0v) is 38.1. The summed E-state index contributed by atoms with van der Waals surface area (Å²) < 4.78 is 49.1. The summed E-state index contributed by atoms with van der Waals surface area (Å²) >= 11 is 0. The van der Waals surface area contributed by atoms with Crippen LogP contribution in [0.25, 0.3) is 0 Å². The zero-order chi connectivity index (χ0) is 48.8. The molecule has 1 spiro atoms. The van der Waals surface area contributed by atoms with E-state index in [1.807, 2.05) is 6.92 Å². The van der Waals surface area contributed by atoms with E-state index in [1.54, 1.807) is 0 Å². The fourth-order valence-corrected chi connectivity index (χ4v) is 13.8. The molecule has 4 saturated heterocycles. The Balaban J connectivity index is 1.08. The van der Waals surface area contributed by atoms with Crippen LogP contribution in [0.1, 0.15) is 85.0 Å². The molecule has 2 bridgehead atoms. The van der Waals surface area contributed by atoms with Gasteiger partial charge in [-0.25, -0.2) is 0 Å². The number of hydrogen-bond acceptors (Lipinski definition) is 22. The highest BCUT2D eigenvalue weighted by molar-refractivity contribution is 5.77. The van der Waals surface area contributed by atoms with Gasteiger partial charge in [0.1, 0.15) is 85.5 Å². The van der Waals surface area contributed by atoms with Gasteiger partial charge in [0.2, 0.25) is 6.29 Å². The van der Waals surface area contributed by atoms with E-state index in [0.29, 0.717) is 44.9 Å². The molecule has 22 heteroatoms. The summed E-state index contributed by atoms with van der Waals surface area (Å²) in [4.78, 5) is 14.3. The Kier molecular flexibility index (Phi) is 14.8.